The molecule has 0 unspecified atom stereocenters. The lowest BCUT2D eigenvalue weighted by Gasteiger charge is -2.15. The van der Waals surface area contributed by atoms with E-state index in [9.17, 15) is 9.59 Å². The van der Waals surface area contributed by atoms with Gasteiger partial charge in [-0.05, 0) is 50.1 Å². The first kappa shape index (κ1) is 18.5. The smallest absolute Gasteiger partial charge is 0.338 e. The van der Waals surface area contributed by atoms with Gasteiger partial charge in [-0.1, -0.05) is 29.8 Å². The van der Waals surface area contributed by atoms with Crippen molar-refractivity contribution in [1.29, 1.82) is 0 Å². The number of rotatable bonds is 6. The number of ether oxygens (including phenoxy) is 2. The molecule has 5 nitrogen and oxygen atoms in total. The van der Waals surface area contributed by atoms with Crippen molar-refractivity contribution in [3.8, 4) is 5.75 Å². The van der Waals surface area contributed by atoms with Crippen molar-refractivity contribution in [3.05, 3.63) is 64.7 Å². The number of benzene rings is 2. The van der Waals surface area contributed by atoms with Gasteiger partial charge in [0, 0.05) is 0 Å². The van der Waals surface area contributed by atoms with E-state index in [1.807, 2.05) is 57.2 Å². The van der Waals surface area contributed by atoms with Gasteiger partial charge in [-0.3, -0.25) is 4.79 Å². The van der Waals surface area contributed by atoms with Gasteiger partial charge in [0.1, 0.15) is 5.75 Å². The normalized spacial score (nSPS) is 11.5. The molecular weight excluding hydrogens is 318 g/mol. The highest BCUT2D eigenvalue weighted by Gasteiger charge is 2.14. The highest BCUT2D eigenvalue weighted by molar-refractivity contribution is 5.92. The standard InChI is InChI=1S/C20H23NO4/c1-13-5-10-18(14(2)11-13)20(23)25-12-19(22)21-15(3)16-6-8-17(24-4)9-7-16/h5-11,15H,12H2,1-4H3,(H,21,22)/t15-/m0/s1. The van der Waals surface area contributed by atoms with Gasteiger partial charge in [0.05, 0.1) is 18.7 Å². The zero-order valence-electron chi connectivity index (χ0n) is 15.0. The number of hydrogen-bond acceptors (Lipinski definition) is 4. The highest BCUT2D eigenvalue weighted by atomic mass is 16.5. The molecule has 0 saturated heterocycles. The number of esters is 1. The predicted octanol–water partition coefficient (Wildman–Crippen LogP) is 3.35. The van der Waals surface area contributed by atoms with Gasteiger partial charge in [-0.25, -0.2) is 4.79 Å². The number of methoxy groups -OCH3 is 1. The number of carbonyl (C=O) groups is 2. The molecular formula is C20H23NO4. The molecule has 0 heterocycles. The second-order valence-corrected chi connectivity index (χ2v) is 5.96. The summed E-state index contributed by atoms with van der Waals surface area (Å²) in [6.07, 6.45) is 0. The second-order valence-electron chi connectivity index (χ2n) is 5.96. The first-order valence-corrected chi connectivity index (χ1v) is 8.08. The molecule has 2 aromatic carbocycles. The molecule has 132 valence electrons. The van der Waals surface area contributed by atoms with E-state index in [1.54, 1.807) is 13.2 Å². The molecule has 0 fully saturated rings. The third-order valence-electron chi connectivity index (χ3n) is 3.93. The Bertz CT molecular complexity index is 753. The van der Waals surface area contributed by atoms with Crippen molar-refractivity contribution in [3.63, 3.8) is 0 Å². The average molecular weight is 341 g/mol. The van der Waals surface area contributed by atoms with Crippen LogP contribution in [-0.2, 0) is 9.53 Å². The van der Waals surface area contributed by atoms with E-state index < -0.39 is 5.97 Å². The molecule has 0 aliphatic carbocycles. The summed E-state index contributed by atoms with van der Waals surface area (Å²) in [6.45, 7) is 5.35. The average Bonchev–Trinajstić information content (AvgIpc) is 2.59. The van der Waals surface area contributed by atoms with E-state index in [0.717, 1.165) is 22.4 Å². The molecule has 0 radical (unpaired) electrons. The van der Waals surface area contributed by atoms with Crippen molar-refractivity contribution in [2.45, 2.75) is 26.8 Å². The molecule has 0 aliphatic heterocycles. The van der Waals surface area contributed by atoms with Gasteiger partial charge in [-0.15, -0.1) is 0 Å². The van der Waals surface area contributed by atoms with Crippen LogP contribution in [0.25, 0.3) is 0 Å². The van der Waals surface area contributed by atoms with E-state index >= 15 is 0 Å². The Morgan fingerprint density at radius 2 is 1.76 bits per heavy atom. The molecule has 0 saturated carbocycles. The van der Waals surface area contributed by atoms with Crippen molar-refractivity contribution in [2.24, 2.45) is 0 Å². The van der Waals surface area contributed by atoms with Gasteiger partial charge in [0.25, 0.3) is 5.91 Å². The molecule has 0 aromatic heterocycles. The Morgan fingerprint density at radius 3 is 2.36 bits per heavy atom. The number of hydrogen-bond donors (Lipinski definition) is 1. The quantitative estimate of drug-likeness (QED) is 0.819. The van der Waals surface area contributed by atoms with E-state index in [0.29, 0.717) is 5.56 Å². The fraction of sp³-hybridized carbons (Fsp3) is 0.300. The first-order valence-electron chi connectivity index (χ1n) is 8.08. The Morgan fingerprint density at radius 1 is 1.08 bits per heavy atom. The van der Waals surface area contributed by atoms with E-state index in [2.05, 4.69) is 5.32 Å². The summed E-state index contributed by atoms with van der Waals surface area (Å²) in [7, 11) is 1.60. The number of carbonyl (C=O) groups excluding carboxylic acids is 2. The predicted molar refractivity (Wildman–Crippen MR) is 95.8 cm³/mol. The van der Waals surface area contributed by atoms with Crippen LogP contribution in [0.4, 0.5) is 0 Å². The Hall–Kier alpha value is -2.82. The maximum absolute atomic E-state index is 12.1. The Balaban J connectivity index is 1.87. The Labute approximate surface area is 148 Å². The summed E-state index contributed by atoms with van der Waals surface area (Å²) in [4.78, 5) is 24.1. The minimum atomic E-state index is -0.496. The van der Waals surface area contributed by atoms with E-state index in [1.165, 1.54) is 0 Å². The van der Waals surface area contributed by atoms with Gasteiger partial charge >= 0.3 is 5.97 Å². The van der Waals surface area contributed by atoms with Crippen LogP contribution in [0.5, 0.6) is 5.75 Å². The monoisotopic (exact) mass is 341 g/mol. The second kappa shape index (κ2) is 8.33. The minimum absolute atomic E-state index is 0.196. The molecule has 1 amide bonds. The van der Waals surface area contributed by atoms with Crippen LogP contribution >= 0.6 is 0 Å². The summed E-state index contributed by atoms with van der Waals surface area (Å²) in [5.74, 6) is -0.0872. The van der Waals surface area contributed by atoms with Crippen LogP contribution in [0.3, 0.4) is 0 Å². The SMILES string of the molecule is COc1ccc([C@H](C)NC(=O)COC(=O)c2ccc(C)cc2C)cc1. The lowest BCUT2D eigenvalue weighted by atomic mass is 10.1. The fourth-order valence-electron chi connectivity index (χ4n) is 2.51. The van der Waals surface area contributed by atoms with Gasteiger partial charge in [0.2, 0.25) is 0 Å². The minimum Gasteiger partial charge on any atom is -0.497 e. The molecule has 25 heavy (non-hydrogen) atoms. The summed E-state index contributed by atoms with van der Waals surface area (Å²) in [5, 5.41) is 2.81. The Kier molecular flexibility index (Phi) is 6.17. The van der Waals surface area contributed by atoms with Crippen molar-refractivity contribution < 1.29 is 19.1 Å². The maximum Gasteiger partial charge on any atom is 0.338 e. The summed E-state index contributed by atoms with van der Waals surface area (Å²) >= 11 is 0. The number of amides is 1. The van der Waals surface area contributed by atoms with Crippen molar-refractivity contribution in [1.82, 2.24) is 5.32 Å². The molecule has 2 rings (SSSR count). The molecule has 0 spiro atoms. The lowest BCUT2D eigenvalue weighted by Crippen LogP contribution is -2.31. The third kappa shape index (κ3) is 5.08. The van der Waals surface area contributed by atoms with Gasteiger partial charge < -0.3 is 14.8 Å². The van der Waals surface area contributed by atoms with Crippen molar-refractivity contribution in [2.75, 3.05) is 13.7 Å². The lowest BCUT2D eigenvalue weighted by molar-refractivity contribution is -0.124. The summed E-state index contributed by atoms with van der Waals surface area (Å²) in [6, 6.07) is 12.7. The van der Waals surface area contributed by atoms with Crippen LogP contribution in [0.2, 0.25) is 0 Å². The number of nitrogens with one attached hydrogen (secondary N) is 1. The fourth-order valence-corrected chi connectivity index (χ4v) is 2.51. The summed E-state index contributed by atoms with van der Waals surface area (Å²) < 4.78 is 10.2. The van der Waals surface area contributed by atoms with Crippen LogP contribution < -0.4 is 10.1 Å². The van der Waals surface area contributed by atoms with Gasteiger partial charge in [0.15, 0.2) is 6.61 Å². The maximum atomic E-state index is 12.1. The van der Waals surface area contributed by atoms with Crippen LogP contribution in [-0.4, -0.2) is 25.6 Å². The molecule has 1 atom stereocenters. The highest BCUT2D eigenvalue weighted by Crippen LogP contribution is 2.17. The first-order chi connectivity index (χ1) is 11.9. The molecule has 5 heteroatoms. The van der Waals surface area contributed by atoms with Crippen LogP contribution in [0, 0.1) is 13.8 Å². The van der Waals surface area contributed by atoms with Crippen LogP contribution in [0.15, 0.2) is 42.5 Å². The van der Waals surface area contributed by atoms with E-state index in [4.69, 9.17) is 9.47 Å². The number of aryl methyl sites for hydroxylation is 2. The topological polar surface area (TPSA) is 64.6 Å². The largest absolute Gasteiger partial charge is 0.497 e. The zero-order valence-corrected chi connectivity index (χ0v) is 15.0. The van der Waals surface area contributed by atoms with Crippen molar-refractivity contribution >= 4 is 11.9 Å². The molecule has 0 aliphatic rings. The summed E-state index contributed by atoms with van der Waals surface area (Å²) in [5.41, 5.74) is 3.31. The van der Waals surface area contributed by atoms with E-state index in [-0.39, 0.29) is 18.6 Å². The van der Waals surface area contributed by atoms with Gasteiger partial charge in [-0.2, -0.15) is 0 Å². The molecule has 0 bridgehead atoms. The molecule has 1 N–H and O–H groups in total. The third-order valence-corrected chi connectivity index (χ3v) is 3.93. The van der Waals surface area contributed by atoms with Crippen LogP contribution in [0.1, 0.15) is 40.0 Å². The molecule has 2 aromatic rings. The zero-order chi connectivity index (χ0) is 18.4.